The van der Waals surface area contributed by atoms with Gasteiger partial charge >= 0.3 is 0 Å². The first-order chi connectivity index (χ1) is 8.18. The van der Waals surface area contributed by atoms with Crippen LogP contribution < -0.4 is 5.32 Å². The predicted molar refractivity (Wildman–Crippen MR) is 79.0 cm³/mol. The lowest BCUT2D eigenvalue weighted by molar-refractivity contribution is 0.278. The normalized spacial score (nSPS) is 26.6. The SMILES string of the molecule is CC1CSCC1NCC(c1cccs1)N(C)C. The molecule has 0 amide bonds. The highest BCUT2D eigenvalue weighted by Gasteiger charge is 2.25. The topological polar surface area (TPSA) is 15.3 Å². The van der Waals surface area contributed by atoms with Gasteiger partial charge in [-0.3, -0.25) is 0 Å². The van der Waals surface area contributed by atoms with Crippen LogP contribution in [0.2, 0.25) is 0 Å². The van der Waals surface area contributed by atoms with Gasteiger partial charge in [0.15, 0.2) is 0 Å². The van der Waals surface area contributed by atoms with Crippen molar-refractivity contribution in [1.29, 1.82) is 0 Å². The fourth-order valence-electron chi connectivity index (χ4n) is 2.20. The van der Waals surface area contributed by atoms with E-state index in [2.05, 4.69) is 60.5 Å². The molecular formula is C13H22N2S2. The minimum absolute atomic E-state index is 0.507. The third-order valence-electron chi connectivity index (χ3n) is 3.43. The second-order valence-corrected chi connectivity index (χ2v) is 7.08. The Labute approximate surface area is 113 Å². The van der Waals surface area contributed by atoms with Crippen molar-refractivity contribution in [1.82, 2.24) is 10.2 Å². The second-order valence-electron chi connectivity index (χ2n) is 5.02. The zero-order valence-electron chi connectivity index (χ0n) is 10.8. The zero-order chi connectivity index (χ0) is 12.3. The summed E-state index contributed by atoms with van der Waals surface area (Å²) >= 11 is 3.93. The third-order valence-corrected chi connectivity index (χ3v) is 5.76. The Morgan fingerprint density at radius 3 is 2.82 bits per heavy atom. The maximum absolute atomic E-state index is 3.75. The van der Waals surface area contributed by atoms with Gasteiger partial charge < -0.3 is 10.2 Å². The monoisotopic (exact) mass is 270 g/mol. The van der Waals surface area contributed by atoms with E-state index in [0.717, 1.165) is 12.5 Å². The Kier molecular flexibility index (Phi) is 4.91. The van der Waals surface area contributed by atoms with Crippen LogP contribution in [0.4, 0.5) is 0 Å². The van der Waals surface area contributed by atoms with Gasteiger partial charge in [-0.15, -0.1) is 11.3 Å². The van der Waals surface area contributed by atoms with Crippen molar-refractivity contribution in [2.45, 2.75) is 19.0 Å². The van der Waals surface area contributed by atoms with Gasteiger partial charge in [0, 0.05) is 23.2 Å². The Bertz CT molecular complexity index is 324. The fraction of sp³-hybridized carbons (Fsp3) is 0.692. The highest BCUT2D eigenvalue weighted by molar-refractivity contribution is 7.99. The van der Waals surface area contributed by atoms with Crippen LogP contribution in [-0.2, 0) is 0 Å². The summed E-state index contributed by atoms with van der Waals surface area (Å²) < 4.78 is 0. The quantitative estimate of drug-likeness (QED) is 0.885. The number of thiophene rings is 1. The van der Waals surface area contributed by atoms with E-state index in [-0.39, 0.29) is 0 Å². The molecule has 0 spiro atoms. The molecule has 1 aliphatic heterocycles. The first-order valence-corrected chi connectivity index (χ1v) is 8.23. The molecule has 1 aliphatic rings. The lowest BCUT2D eigenvalue weighted by atomic mass is 10.1. The molecule has 0 aromatic carbocycles. The Hall–Kier alpha value is -0.0300. The van der Waals surface area contributed by atoms with Gasteiger partial charge in [0.05, 0.1) is 6.04 Å². The minimum atomic E-state index is 0.507. The maximum Gasteiger partial charge on any atom is 0.0561 e. The van der Waals surface area contributed by atoms with Crippen LogP contribution in [0.25, 0.3) is 0 Å². The van der Waals surface area contributed by atoms with Gasteiger partial charge in [-0.05, 0) is 37.2 Å². The molecule has 0 saturated carbocycles. The molecule has 0 bridgehead atoms. The highest BCUT2D eigenvalue weighted by Crippen LogP contribution is 2.26. The molecule has 2 rings (SSSR count). The fourth-order valence-corrected chi connectivity index (χ4v) is 4.57. The van der Waals surface area contributed by atoms with Gasteiger partial charge in [0.1, 0.15) is 0 Å². The van der Waals surface area contributed by atoms with E-state index in [4.69, 9.17) is 0 Å². The molecule has 3 unspecified atom stereocenters. The molecule has 1 N–H and O–H groups in total. The van der Waals surface area contributed by atoms with E-state index in [1.807, 2.05) is 11.3 Å². The number of nitrogens with one attached hydrogen (secondary N) is 1. The van der Waals surface area contributed by atoms with Crippen LogP contribution >= 0.6 is 23.1 Å². The van der Waals surface area contributed by atoms with Crippen molar-refractivity contribution in [2.75, 3.05) is 32.1 Å². The highest BCUT2D eigenvalue weighted by atomic mass is 32.2. The number of thioether (sulfide) groups is 1. The molecule has 1 aromatic rings. The van der Waals surface area contributed by atoms with Gasteiger partial charge in [0.25, 0.3) is 0 Å². The molecule has 4 heteroatoms. The van der Waals surface area contributed by atoms with Crippen LogP contribution in [0.1, 0.15) is 17.8 Å². The summed E-state index contributed by atoms with van der Waals surface area (Å²) in [6, 6.07) is 5.59. The standard InChI is InChI=1S/C13H22N2S2/c1-10-8-16-9-11(10)14-7-12(15(2)3)13-5-4-6-17-13/h4-6,10-12,14H,7-9H2,1-3H3. The molecule has 17 heavy (non-hydrogen) atoms. The van der Waals surface area contributed by atoms with Crippen molar-refractivity contribution in [3.63, 3.8) is 0 Å². The summed E-state index contributed by atoms with van der Waals surface area (Å²) in [6.07, 6.45) is 0. The molecule has 2 heterocycles. The number of hydrogen-bond acceptors (Lipinski definition) is 4. The number of likely N-dealkylation sites (N-methyl/N-ethyl adjacent to an activating group) is 1. The lowest BCUT2D eigenvalue weighted by Gasteiger charge is -2.26. The van der Waals surface area contributed by atoms with Crippen molar-refractivity contribution < 1.29 is 0 Å². The molecule has 3 atom stereocenters. The molecule has 0 radical (unpaired) electrons. The summed E-state index contributed by atoms with van der Waals surface area (Å²) in [5.41, 5.74) is 0. The van der Waals surface area contributed by atoms with Crippen LogP contribution in [0.15, 0.2) is 17.5 Å². The van der Waals surface area contributed by atoms with Crippen LogP contribution in [0, 0.1) is 5.92 Å². The van der Waals surface area contributed by atoms with E-state index < -0.39 is 0 Å². The summed E-state index contributed by atoms with van der Waals surface area (Å²) in [5.74, 6) is 3.39. The van der Waals surface area contributed by atoms with Crippen LogP contribution in [0.5, 0.6) is 0 Å². The average molecular weight is 270 g/mol. The number of rotatable bonds is 5. The van der Waals surface area contributed by atoms with Gasteiger partial charge in [-0.1, -0.05) is 13.0 Å². The Morgan fingerprint density at radius 2 is 2.29 bits per heavy atom. The Balaban J connectivity index is 1.90. The van der Waals surface area contributed by atoms with E-state index in [0.29, 0.717) is 12.1 Å². The summed E-state index contributed by atoms with van der Waals surface area (Å²) in [6.45, 7) is 3.41. The van der Waals surface area contributed by atoms with Crippen molar-refractivity contribution >= 4 is 23.1 Å². The van der Waals surface area contributed by atoms with E-state index in [9.17, 15) is 0 Å². The van der Waals surface area contributed by atoms with Gasteiger partial charge in [-0.2, -0.15) is 11.8 Å². The number of nitrogens with zero attached hydrogens (tertiary/aromatic N) is 1. The van der Waals surface area contributed by atoms with Crippen molar-refractivity contribution in [3.8, 4) is 0 Å². The predicted octanol–water partition coefficient (Wildman–Crippen LogP) is 2.69. The van der Waals surface area contributed by atoms with Crippen LogP contribution in [-0.4, -0.2) is 43.1 Å². The molecule has 1 saturated heterocycles. The molecule has 1 aromatic heterocycles. The smallest absolute Gasteiger partial charge is 0.0561 e. The van der Waals surface area contributed by atoms with Crippen molar-refractivity contribution in [2.24, 2.45) is 5.92 Å². The van der Waals surface area contributed by atoms with Gasteiger partial charge in [-0.25, -0.2) is 0 Å². The molecule has 2 nitrogen and oxygen atoms in total. The maximum atomic E-state index is 3.75. The summed E-state index contributed by atoms with van der Waals surface area (Å²) in [7, 11) is 4.33. The molecule has 1 fully saturated rings. The number of hydrogen-bond donors (Lipinski definition) is 1. The van der Waals surface area contributed by atoms with Crippen molar-refractivity contribution in [3.05, 3.63) is 22.4 Å². The summed E-state index contributed by atoms with van der Waals surface area (Å²) in [5, 5.41) is 5.91. The first kappa shape index (κ1) is 13.4. The lowest BCUT2D eigenvalue weighted by Crippen LogP contribution is -2.39. The van der Waals surface area contributed by atoms with E-state index >= 15 is 0 Å². The van der Waals surface area contributed by atoms with Gasteiger partial charge in [0.2, 0.25) is 0 Å². The second kappa shape index (κ2) is 6.23. The van der Waals surface area contributed by atoms with E-state index in [1.54, 1.807) is 0 Å². The first-order valence-electron chi connectivity index (χ1n) is 6.19. The zero-order valence-corrected chi connectivity index (χ0v) is 12.5. The third kappa shape index (κ3) is 3.47. The summed E-state index contributed by atoms with van der Waals surface area (Å²) in [4.78, 5) is 3.77. The molecular weight excluding hydrogens is 248 g/mol. The minimum Gasteiger partial charge on any atom is -0.311 e. The largest absolute Gasteiger partial charge is 0.311 e. The average Bonchev–Trinajstić information content (AvgIpc) is 2.91. The Morgan fingerprint density at radius 1 is 1.47 bits per heavy atom. The molecule has 0 aliphatic carbocycles. The molecule has 96 valence electrons. The van der Waals surface area contributed by atoms with Crippen LogP contribution in [0.3, 0.4) is 0 Å². The van der Waals surface area contributed by atoms with E-state index in [1.165, 1.54) is 16.4 Å².